The Bertz CT molecular complexity index is 1300. The van der Waals surface area contributed by atoms with Crippen LogP contribution in [0.5, 0.6) is 0 Å². The van der Waals surface area contributed by atoms with Crippen LogP contribution in [0.4, 0.5) is 10.8 Å². The average molecular weight is 498 g/mol. The number of hydrogen-bond acceptors (Lipinski definition) is 6. The standard InChI is InChI=1S/C24H24ClN5OS2/c1-5-29-22(18-7-6-8-19(25)12-18)27-28-24(29)33-14-20-13-32-23(26-20)30(17(4)31)21-10-9-15(2)16(3)11-21/h6-13H,5,14H2,1-4H3. The molecule has 0 bridgehead atoms. The molecule has 0 atom stereocenters. The Hall–Kier alpha value is -2.68. The average Bonchev–Trinajstić information content (AvgIpc) is 3.41. The van der Waals surface area contributed by atoms with Gasteiger partial charge in [0.1, 0.15) is 0 Å². The fraction of sp³-hybridized carbons (Fsp3) is 0.250. The largest absolute Gasteiger partial charge is 0.302 e. The van der Waals surface area contributed by atoms with Gasteiger partial charge in [-0.2, -0.15) is 0 Å². The molecule has 0 aliphatic heterocycles. The van der Waals surface area contributed by atoms with Crippen LogP contribution in [0.2, 0.25) is 5.02 Å². The Morgan fingerprint density at radius 2 is 1.97 bits per heavy atom. The molecule has 33 heavy (non-hydrogen) atoms. The van der Waals surface area contributed by atoms with Crippen LogP contribution < -0.4 is 4.90 Å². The van der Waals surface area contributed by atoms with E-state index in [1.807, 2.05) is 54.8 Å². The molecule has 9 heteroatoms. The predicted octanol–water partition coefficient (Wildman–Crippen LogP) is 6.67. The summed E-state index contributed by atoms with van der Waals surface area (Å²) in [6.45, 7) is 8.47. The number of benzene rings is 2. The number of amides is 1. The first-order valence-electron chi connectivity index (χ1n) is 10.5. The first-order valence-corrected chi connectivity index (χ1v) is 12.8. The van der Waals surface area contributed by atoms with E-state index in [-0.39, 0.29) is 5.91 Å². The molecule has 0 aliphatic rings. The summed E-state index contributed by atoms with van der Waals surface area (Å²) in [6, 6.07) is 13.6. The number of nitrogens with zero attached hydrogens (tertiary/aromatic N) is 5. The predicted molar refractivity (Wildman–Crippen MR) is 137 cm³/mol. The number of thioether (sulfide) groups is 1. The van der Waals surface area contributed by atoms with Gasteiger partial charge in [-0.1, -0.05) is 41.6 Å². The number of aromatic nitrogens is 4. The van der Waals surface area contributed by atoms with Crippen LogP contribution in [-0.4, -0.2) is 25.7 Å². The molecule has 0 saturated carbocycles. The highest BCUT2D eigenvalue weighted by molar-refractivity contribution is 7.98. The van der Waals surface area contributed by atoms with E-state index in [0.717, 1.165) is 40.0 Å². The fourth-order valence-corrected chi connectivity index (χ4v) is 5.49. The molecule has 0 N–H and O–H groups in total. The summed E-state index contributed by atoms with van der Waals surface area (Å²) in [5, 5.41) is 12.9. The van der Waals surface area contributed by atoms with Crippen LogP contribution in [0.3, 0.4) is 0 Å². The zero-order chi connectivity index (χ0) is 23.5. The van der Waals surface area contributed by atoms with E-state index in [1.165, 1.54) is 16.9 Å². The van der Waals surface area contributed by atoms with Gasteiger partial charge in [-0.3, -0.25) is 9.69 Å². The minimum Gasteiger partial charge on any atom is -0.302 e. The third kappa shape index (κ3) is 5.13. The molecule has 2 heterocycles. The first-order chi connectivity index (χ1) is 15.9. The van der Waals surface area contributed by atoms with Crippen LogP contribution >= 0.6 is 34.7 Å². The van der Waals surface area contributed by atoms with E-state index < -0.39 is 0 Å². The maximum absolute atomic E-state index is 12.4. The highest BCUT2D eigenvalue weighted by Gasteiger charge is 2.19. The van der Waals surface area contributed by atoms with Gasteiger partial charge in [-0.25, -0.2) is 4.98 Å². The normalized spacial score (nSPS) is 11.1. The number of thiazole rings is 1. The van der Waals surface area contributed by atoms with Gasteiger partial charge < -0.3 is 4.57 Å². The molecule has 0 fully saturated rings. The smallest absolute Gasteiger partial charge is 0.230 e. The summed E-state index contributed by atoms with van der Waals surface area (Å²) in [7, 11) is 0. The van der Waals surface area contributed by atoms with Crippen molar-refractivity contribution in [2.75, 3.05) is 4.90 Å². The Morgan fingerprint density at radius 1 is 1.15 bits per heavy atom. The van der Waals surface area contributed by atoms with Crippen molar-refractivity contribution >= 4 is 51.4 Å². The van der Waals surface area contributed by atoms with Crippen molar-refractivity contribution in [1.29, 1.82) is 0 Å². The second-order valence-corrected chi connectivity index (χ2v) is 9.81. The number of halogens is 1. The Kier molecular flexibility index (Phi) is 7.17. The molecule has 6 nitrogen and oxygen atoms in total. The lowest BCUT2D eigenvalue weighted by Crippen LogP contribution is -2.22. The van der Waals surface area contributed by atoms with Crippen molar-refractivity contribution in [1.82, 2.24) is 19.7 Å². The van der Waals surface area contributed by atoms with E-state index in [4.69, 9.17) is 16.6 Å². The number of carbonyl (C=O) groups excluding carboxylic acids is 1. The van der Waals surface area contributed by atoms with Crippen molar-refractivity contribution in [2.45, 2.75) is 45.1 Å². The molecule has 0 radical (unpaired) electrons. The first kappa shape index (κ1) is 23.5. The van der Waals surface area contributed by atoms with Crippen LogP contribution in [0.15, 0.2) is 53.0 Å². The zero-order valence-corrected chi connectivity index (χ0v) is 21.3. The monoisotopic (exact) mass is 497 g/mol. The molecule has 0 aliphatic carbocycles. The quantitative estimate of drug-likeness (QED) is 0.267. The molecule has 0 spiro atoms. The van der Waals surface area contributed by atoms with E-state index in [0.29, 0.717) is 15.9 Å². The number of aryl methyl sites for hydroxylation is 2. The number of rotatable bonds is 7. The van der Waals surface area contributed by atoms with Gasteiger partial charge >= 0.3 is 0 Å². The Balaban J connectivity index is 1.53. The van der Waals surface area contributed by atoms with E-state index >= 15 is 0 Å². The summed E-state index contributed by atoms with van der Waals surface area (Å²) in [5.41, 5.74) is 4.99. The van der Waals surface area contributed by atoms with Gasteiger partial charge in [0.15, 0.2) is 16.1 Å². The summed E-state index contributed by atoms with van der Waals surface area (Å²) in [6.07, 6.45) is 0. The van der Waals surface area contributed by atoms with Crippen LogP contribution in [0, 0.1) is 13.8 Å². The summed E-state index contributed by atoms with van der Waals surface area (Å²) in [5.74, 6) is 1.35. The molecule has 170 valence electrons. The second-order valence-electron chi connectivity index (χ2n) is 7.59. The summed E-state index contributed by atoms with van der Waals surface area (Å²) >= 11 is 9.19. The van der Waals surface area contributed by atoms with Gasteiger partial charge in [0.05, 0.1) is 11.4 Å². The van der Waals surface area contributed by atoms with Gasteiger partial charge in [-0.15, -0.1) is 21.5 Å². The molecule has 0 unspecified atom stereocenters. The zero-order valence-electron chi connectivity index (χ0n) is 18.9. The lowest BCUT2D eigenvalue weighted by molar-refractivity contribution is -0.115. The van der Waals surface area contributed by atoms with Gasteiger partial charge in [0, 0.05) is 35.2 Å². The highest BCUT2D eigenvalue weighted by Crippen LogP contribution is 2.33. The lowest BCUT2D eigenvalue weighted by Gasteiger charge is -2.19. The van der Waals surface area contributed by atoms with E-state index in [1.54, 1.807) is 23.6 Å². The van der Waals surface area contributed by atoms with Crippen molar-refractivity contribution < 1.29 is 4.79 Å². The SMILES string of the molecule is CCn1c(SCc2csc(N(C(C)=O)c3ccc(C)c(C)c3)n2)nnc1-c1cccc(Cl)c1. The van der Waals surface area contributed by atoms with E-state index in [2.05, 4.69) is 28.6 Å². The molecule has 1 amide bonds. The summed E-state index contributed by atoms with van der Waals surface area (Å²) < 4.78 is 2.07. The molecular formula is C24H24ClN5OS2. The van der Waals surface area contributed by atoms with Crippen molar-refractivity contribution in [3.05, 3.63) is 69.7 Å². The minimum atomic E-state index is -0.0660. The van der Waals surface area contributed by atoms with Gasteiger partial charge in [-0.05, 0) is 56.2 Å². The van der Waals surface area contributed by atoms with Crippen LogP contribution in [-0.2, 0) is 17.1 Å². The van der Waals surface area contributed by atoms with Crippen LogP contribution in [0.25, 0.3) is 11.4 Å². The summed E-state index contributed by atoms with van der Waals surface area (Å²) in [4.78, 5) is 18.8. The third-order valence-electron chi connectivity index (χ3n) is 5.26. The third-order valence-corrected chi connectivity index (χ3v) is 7.37. The molecule has 2 aromatic heterocycles. The van der Waals surface area contributed by atoms with Crippen molar-refractivity contribution in [2.24, 2.45) is 0 Å². The Labute approximate surface area is 206 Å². The van der Waals surface area contributed by atoms with Crippen molar-refractivity contribution in [3.8, 4) is 11.4 Å². The number of hydrogen-bond donors (Lipinski definition) is 0. The van der Waals surface area contributed by atoms with Crippen LogP contribution in [0.1, 0.15) is 30.7 Å². The highest BCUT2D eigenvalue weighted by atomic mass is 35.5. The molecule has 2 aromatic carbocycles. The fourth-order valence-electron chi connectivity index (χ4n) is 3.42. The van der Waals surface area contributed by atoms with Crippen molar-refractivity contribution in [3.63, 3.8) is 0 Å². The molecule has 4 rings (SSSR count). The molecule has 0 saturated heterocycles. The lowest BCUT2D eigenvalue weighted by atomic mass is 10.1. The molecular weight excluding hydrogens is 474 g/mol. The van der Waals surface area contributed by atoms with Gasteiger partial charge in [0.2, 0.25) is 5.91 Å². The topological polar surface area (TPSA) is 63.9 Å². The minimum absolute atomic E-state index is 0.0660. The maximum atomic E-state index is 12.4. The van der Waals surface area contributed by atoms with E-state index in [9.17, 15) is 4.79 Å². The molecule has 4 aromatic rings. The maximum Gasteiger partial charge on any atom is 0.230 e. The second kappa shape index (κ2) is 10.1. The Morgan fingerprint density at radius 3 is 2.67 bits per heavy atom. The van der Waals surface area contributed by atoms with Gasteiger partial charge in [0.25, 0.3) is 0 Å². The number of carbonyl (C=O) groups is 1. The number of anilines is 2.